The molecule has 3 N–H and O–H groups in total. The van der Waals surface area contributed by atoms with Gasteiger partial charge in [-0.2, -0.15) is 0 Å². The monoisotopic (exact) mass is 270 g/mol. The molecule has 2 amide bonds. The van der Waals surface area contributed by atoms with Crippen molar-refractivity contribution in [2.24, 2.45) is 0 Å². The summed E-state index contributed by atoms with van der Waals surface area (Å²) in [4.78, 5) is 22.0. The first-order valence-electron chi connectivity index (χ1n) is 5.51. The second kappa shape index (κ2) is 6.69. The van der Waals surface area contributed by atoms with Crippen molar-refractivity contribution in [2.75, 3.05) is 13.8 Å². The number of benzene rings is 1. The predicted octanol–water partition coefficient (Wildman–Crippen LogP) is 1.49. The van der Waals surface area contributed by atoms with Crippen LogP contribution in [0.25, 0.3) is 0 Å². The van der Waals surface area contributed by atoms with Gasteiger partial charge in [0.15, 0.2) is 0 Å². The Morgan fingerprint density at radius 2 is 2.16 bits per heavy atom. The number of ether oxygens (including phenoxy) is 1. The molecule has 6 nitrogen and oxygen atoms in total. The van der Waals surface area contributed by atoms with Crippen LogP contribution in [-0.2, 0) is 4.74 Å². The normalized spacial score (nSPS) is 11.7. The summed E-state index contributed by atoms with van der Waals surface area (Å²) in [6.45, 7) is 1.56. The number of hydrogen-bond acceptors (Lipinski definition) is 3. The molecule has 0 aliphatic heterocycles. The maximum absolute atomic E-state index is 13.7. The number of amides is 2. The lowest BCUT2D eigenvalue weighted by molar-refractivity contribution is 0.0868. The number of nitrogens with one attached hydrogen (secondary N) is 2. The van der Waals surface area contributed by atoms with Gasteiger partial charge in [0.1, 0.15) is 12.5 Å². The number of carboxylic acid groups (broad SMARTS) is 1. The van der Waals surface area contributed by atoms with Crippen molar-refractivity contribution in [3.8, 4) is 0 Å². The Kier molecular flexibility index (Phi) is 5.25. The van der Waals surface area contributed by atoms with Gasteiger partial charge in [-0.25, -0.2) is 9.18 Å². The molecule has 0 unspecified atom stereocenters. The van der Waals surface area contributed by atoms with Gasteiger partial charge in [-0.3, -0.25) is 4.79 Å². The lowest BCUT2D eigenvalue weighted by atomic mass is 10.1. The van der Waals surface area contributed by atoms with E-state index >= 15 is 0 Å². The maximum atomic E-state index is 13.7. The van der Waals surface area contributed by atoms with Crippen molar-refractivity contribution in [2.45, 2.75) is 13.0 Å². The summed E-state index contributed by atoms with van der Waals surface area (Å²) in [5.74, 6) is -1.31. The van der Waals surface area contributed by atoms with Gasteiger partial charge in [0.2, 0.25) is 0 Å². The van der Waals surface area contributed by atoms with Gasteiger partial charge in [0, 0.05) is 7.11 Å². The van der Waals surface area contributed by atoms with E-state index in [0.29, 0.717) is 5.56 Å². The van der Waals surface area contributed by atoms with E-state index in [1.165, 1.54) is 19.2 Å². The van der Waals surface area contributed by atoms with Crippen LogP contribution < -0.4 is 10.6 Å². The van der Waals surface area contributed by atoms with Gasteiger partial charge < -0.3 is 20.5 Å². The largest absolute Gasteiger partial charge is 0.465 e. The van der Waals surface area contributed by atoms with Crippen molar-refractivity contribution in [1.82, 2.24) is 10.6 Å². The molecule has 0 aliphatic rings. The Morgan fingerprint density at radius 3 is 2.68 bits per heavy atom. The van der Waals surface area contributed by atoms with Gasteiger partial charge in [0.05, 0.1) is 11.6 Å². The molecule has 0 bridgehead atoms. The minimum atomic E-state index is -1.20. The average molecular weight is 270 g/mol. The summed E-state index contributed by atoms with van der Waals surface area (Å²) in [5.41, 5.74) is 0.312. The van der Waals surface area contributed by atoms with Crippen molar-refractivity contribution in [3.63, 3.8) is 0 Å². The van der Waals surface area contributed by atoms with Crippen LogP contribution in [0, 0.1) is 5.82 Å². The van der Waals surface area contributed by atoms with E-state index in [2.05, 4.69) is 15.4 Å². The Balaban J connectivity index is 2.85. The van der Waals surface area contributed by atoms with Crippen LogP contribution in [0.4, 0.5) is 9.18 Å². The summed E-state index contributed by atoms with van der Waals surface area (Å²) in [7, 11) is 1.40. The number of methoxy groups -OCH3 is 1. The molecule has 0 spiro atoms. The summed E-state index contributed by atoms with van der Waals surface area (Å²) < 4.78 is 18.4. The standard InChI is InChI=1S/C12H15FN2O4/c1-7(15-12(17)18)8-3-4-9(10(13)5-8)11(16)14-6-19-2/h3-5,7,15H,6H2,1-2H3,(H,14,16)(H,17,18)/t7-/m0/s1. The maximum Gasteiger partial charge on any atom is 0.405 e. The lowest BCUT2D eigenvalue weighted by Gasteiger charge is -2.13. The first kappa shape index (κ1) is 14.9. The first-order valence-corrected chi connectivity index (χ1v) is 5.51. The Hall–Kier alpha value is -2.15. The molecular formula is C12H15FN2O4. The lowest BCUT2D eigenvalue weighted by Crippen LogP contribution is -2.27. The number of rotatable bonds is 5. The number of carbonyl (C=O) groups is 2. The average Bonchev–Trinajstić information content (AvgIpc) is 2.34. The zero-order valence-electron chi connectivity index (χ0n) is 10.6. The fourth-order valence-corrected chi connectivity index (χ4v) is 1.49. The van der Waals surface area contributed by atoms with Crippen LogP contribution in [0.5, 0.6) is 0 Å². The molecule has 19 heavy (non-hydrogen) atoms. The molecule has 1 aromatic rings. The third kappa shape index (κ3) is 4.22. The van der Waals surface area contributed by atoms with E-state index in [9.17, 15) is 14.0 Å². The van der Waals surface area contributed by atoms with Crippen LogP contribution in [0.1, 0.15) is 28.9 Å². The molecular weight excluding hydrogens is 255 g/mol. The summed E-state index contributed by atoms with van der Waals surface area (Å²) in [6.07, 6.45) is -1.20. The Labute approximate surface area is 109 Å². The second-order valence-corrected chi connectivity index (χ2v) is 3.85. The smallest absolute Gasteiger partial charge is 0.405 e. The third-order valence-corrected chi connectivity index (χ3v) is 2.45. The molecule has 0 radical (unpaired) electrons. The van der Waals surface area contributed by atoms with Crippen LogP contribution in [0.2, 0.25) is 0 Å². The zero-order chi connectivity index (χ0) is 14.4. The fraction of sp³-hybridized carbons (Fsp3) is 0.333. The predicted molar refractivity (Wildman–Crippen MR) is 65.3 cm³/mol. The molecule has 0 fully saturated rings. The molecule has 0 saturated heterocycles. The van der Waals surface area contributed by atoms with Gasteiger partial charge in [-0.15, -0.1) is 0 Å². The fourth-order valence-electron chi connectivity index (χ4n) is 1.49. The molecule has 1 rings (SSSR count). The molecule has 0 aliphatic carbocycles. The van der Waals surface area contributed by atoms with Crippen LogP contribution >= 0.6 is 0 Å². The van der Waals surface area contributed by atoms with E-state index < -0.39 is 23.9 Å². The number of carbonyl (C=O) groups excluding carboxylic acids is 1. The Bertz CT molecular complexity index is 479. The van der Waals surface area contributed by atoms with Crippen molar-refractivity contribution >= 4 is 12.0 Å². The molecule has 0 aromatic heterocycles. The quantitative estimate of drug-likeness (QED) is 0.707. The van der Waals surface area contributed by atoms with Crippen LogP contribution in [0.3, 0.4) is 0 Å². The highest BCUT2D eigenvalue weighted by atomic mass is 19.1. The van der Waals surface area contributed by atoms with E-state index in [4.69, 9.17) is 5.11 Å². The molecule has 0 saturated carbocycles. The van der Waals surface area contributed by atoms with Crippen LogP contribution in [-0.4, -0.2) is 30.9 Å². The van der Waals surface area contributed by atoms with Crippen molar-refractivity contribution in [1.29, 1.82) is 0 Å². The van der Waals surface area contributed by atoms with E-state index in [1.807, 2.05) is 0 Å². The molecule has 0 heterocycles. The minimum absolute atomic E-state index is 0.0169. The van der Waals surface area contributed by atoms with Gasteiger partial charge in [0.25, 0.3) is 5.91 Å². The highest BCUT2D eigenvalue weighted by Gasteiger charge is 2.15. The molecule has 7 heteroatoms. The first-order chi connectivity index (χ1) is 8.95. The summed E-state index contributed by atoms with van der Waals surface area (Å²) >= 11 is 0. The molecule has 1 atom stereocenters. The highest BCUT2D eigenvalue weighted by molar-refractivity contribution is 5.94. The number of halogens is 1. The number of hydrogen-bond donors (Lipinski definition) is 3. The SMILES string of the molecule is COCNC(=O)c1ccc([C@H](C)NC(=O)O)cc1F. The highest BCUT2D eigenvalue weighted by Crippen LogP contribution is 2.16. The summed E-state index contributed by atoms with van der Waals surface area (Å²) in [5, 5.41) is 13.1. The van der Waals surface area contributed by atoms with Crippen LogP contribution in [0.15, 0.2) is 18.2 Å². The topological polar surface area (TPSA) is 87.7 Å². The van der Waals surface area contributed by atoms with Gasteiger partial charge in [-0.1, -0.05) is 6.07 Å². The summed E-state index contributed by atoms with van der Waals surface area (Å²) in [6, 6.07) is 3.35. The van der Waals surface area contributed by atoms with Crippen molar-refractivity contribution < 1.29 is 23.8 Å². The Morgan fingerprint density at radius 1 is 1.47 bits per heavy atom. The van der Waals surface area contributed by atoms with E-state index in [-0.39, 0.29) is 12.3 Å². The van der Waals surface area contributed by atoms with E-state index in [1.54, 1.807) is 6.92 Å². The van der Waals surface area contributed by atoms with E-state index in [0.717, 1.165) is 6.07 Å². The van der Waals surface area contributed by atoms with Crippen molar-refractivity contribution in [3.05, 3.63) is 35.1 Å². The van der Waals surface area contributed by atoms with Gasteiger partial charge in [-0.05, 0) is 24.6 Å². The van der Waals surface area contributed by atoms with Gasteiger partial charge >= 0.3 is 6.09 Å². The second-order valence-electron chi connectivity index (χ2n) is 3.85. The molecule has 104 valence electrons. The third-order valence-electron chi connectivity index (χ3n) is 2.45. The molecule has 1 aromatic carbocycles. The zero-order valence-corrected chi connectivity index (χ0v) is 10.6. The minimum Gasteiger partial charge on any atom is -0.465 e.